The van der Waals surface area contributed by atoms with Crippen molar-refractivity contribution in [2.45, 2.75) is 45.4 Å². The van der Waals surface area contributed by atoms with Gasteiger partial charge in [-0.05, 0) is 53.2 Å². The zero-order chi connectivity index (χ0) is 15.8. The van der Waals surface area contributed by atoms with Crippen LogP contribution in [0.25, 0.3) is 0 Å². The summed E-state index contributed by atoms with van der Waals surface area (Å²) < 4.78 is 5.43. The molecule has 1 atom stereocenters. The molecule has 0 heterocycles. The first-order valence-electron chi connectivity index (χ1n) is 8.20. The van der Waals surface area contributed by atoms with Gasteiger partial charge in [0.05, 0.1) is 0 Å². The maximum atomic E-state index is 4.09. The molecule has 0 N–H and O–H groups in total. The molecule has 0 amide bonds. The fourth-order valence-electron chi connectivity index (χ4n) is 2.88. The summed E-state index contributed by atoms with van der Waals surface area (Å²) in [5.41, 5.74) is 5.65. The molecule has 0 spiro atoms. The van der Waals surface area contributed by atoms with Crippen LogP contribution in [0, 0.1) is 6.92 Å². The third-order valence-electron chi connectivity index (χ3n) is 4.21. The van der Waals surface area contributed by atoms with Gasteiger partial charge in [-0.3, -0.25) is 0 Å². The minimum absolute atomic E-state index is 0.177. The second-order valence-corrected chi connectivity index (χ2v) is 8.21. The molecule has 2 rings (SSSR count). The van der Waals surface area contributed by atoms with Crippen molar-refractivity contribution in [1.82, 2.24) is 0 Å². The number of halogens is 1. The Balaban J connectivity index is 2.04. The zero-order valence-electron chi connectivity index (χ0n) is 13.8. The van der Waals surface area contributed by atoms with E-state index in [4.69, 9.17) is 0 Å². The molecule has 0 aromatic heterocycles. The van der Waals surface area contributed by atoms with Crippen molar-refractivity contribution in [2.24, 2.45) is 0 Å². The molecule has 22 heavy (non-hydrogen) atoms. The largest absolute Gasteiger partial charge is 0.131 e. The van der Waals surface area contributed by atoms with E-state index in [1.165, 1.54) is 45.9 Å². The van der Waals surface area contributed by atoms with E-state index in [0.717, 1.165) is 12.3 Å². The predicted octanol–water partition coefficient (Wildman–Crippen LogP) is 6.26. The Hall–Kier alpha value is -0.960. The minimum Gasteiger partial charge on any atom is -0.131 e. The number of alkyl halides is 1. The SMILES string of the molecule is C=ICCC(CCC)c1ccc(Cc2ccc(C)cc2)cc1. The number of rotatable bonds is 8. The molecule has 0 fully saturated rings. The summed E-state index contributed by atoms with van der Waals surface area (Å²) in [6.45, 7) is 4.43. The highest BCUT2D eigenvalue weighted by Crippen LogP contribution is 2.27. The average molecular weight is 406 g/mol. The fraction of sp³-hybridized carbons (Fsp3) is 0.381. The topological polar surface area (TPSA) is 0 Å². The maximum absolute atomic E-state index is 4.09. The highest BCUT2D eigenvalue weighted by Gasteiger charge is 2.10. The minimum atomic E-state index is 0.177. The number of aryl methyl sites for hydroxylation is 1. The summed E-state index contributed by atoms with van der Waals surface area (Å²) >= 11 is 0.177. The van der Waals surface area contributed by atoms with Crippen molar-refractivity contribution >= 4 is 25.2 Å². The first-order valence-corrected chi connectivity index (χ1v) is 11.2. The number of hydrogen-bond donors (Lipinski definition) is 0. The quantitative estimate of drug-likeness (QED) is 0.358. The lowest BCUT2D eigenvalue weighted by Crippen LogP contribution is -2.00. The lowest BCUT2D eigenvalue weighted by Gasteiger charge is -2.16. The van der Waals surface area contributed by atoms with Gasteiger partial charge in [0, 0.05) is 0 Å². The van der Waals surface area contributed by atoms with E-state index in [1.807, 2.05) is 0 Å². The van der Waals surface area contributed by atoms with Gasteiger partial charge in [0.15, 0.2) is 0 Å². The van der Waals surface area contributed by atoms with Gasteiger partial charge in [0.1, 0.15) is 0 Å². The Morgan fingerprint density at radius 2 is 1.50 bits per heavy atom. The van der Waals surface area contributed by atoms with Crippen molar-refractivity contribution in [1.29, 1.82) is 0 Å². The van der Waals surface area contributed by atoms with Crippen LogP contribution in [-0.2, 0) is 6.42 Å². The molecular formula is C21H27I. The molecule has 0 bridgehead atoms. The Morgan fingerprint density at radius 3 is 2.05 bits per heavy atom. The standard InChI is InChI=1S/C21H27I/c1-4-5-20(14-15-22-3)21-12-10-19(11-13-21)16-18-8-6-17(2)7-9-18/h6-13,20H,3-5,14-16H2,1-2H3. The van der Waals surface area contributed by atoms with Gasteiger partial charge in [-0.15, -0.1) is 20.7 Å². The summed E-state index contributed by atoms with van der Waals surface area (Å²) in [6.07, 6.45) is 4.93. The van der Waals surface area contributed by atoms with Crippen molar-refractivity contribution in [2.75, 3.05) is 4.43 Å². The normalized spacial score (nSPS) is 12.3. The van der Waals surface area contributed by atoms with E-state index in [9.17, 15) is 0 Å². The van der Waals surface area contributed by atoms with E-state index >= 15 is 0 Å². The van der Waals surface area contributed by atoms with Crippen molar-refractivity contribution in [3.05, 3.63) is 70.8 Å². The smallest absolute Gasteiger partial charge is 0.00258 e. The van der Waals surface area contributed by atoms with Crippen molar-refractivity contribution in [3.63, 3.8) is 0 Å². The second kappa shape index (κ2) is 9.24. The first kappa shape index (κ1) is 17.4. The summed E-state index contributed by atoms with van der Waals surface area (Å²) in [5, 5.41) is 0. The first-order chi connectivity index (χ1) is 10.7. The Morgan fingerprint density at radius 1 is 0.909 bits per heavy atom. The molecule has 1 heteroatoms. The third kappa shape index (κ3) is 5.35. The molecule has 2 aromatic carbocycles. The maximum Gasteiger partial charge on any atom is -0.00258 e. The molecule has 0 aliphatic heterocycles. The van der Waals surface area contributed by atoms with E-state index in [2.05, 4.69) is 66.9 Å². The molecule has 118 valence electrons. The molecule has 0 nitrogen and oxygen atoms in total. The van der Waals surface area contributed by atoms with Gasteiger partial charge in [-0.25, -0.2) is 0 Å². The van der Waals surface area contributed by atoms with E-state index in [1.54, 1.807) is 0 Å². The van der Waals surface area contributed by atoms with Crippen LogP contribution in [0.15, 0.2) is 48.5 Å². The lowest BCUT2D eigenvalue weighted by atomic mass is 9.91. The number of hydrogen-bond acceptors (Lipinski definition) is 0. The van der Waals surface area contributed by atoms with E-state index < -0.39 is 0 Å². The molecule has 0 saturated heterocycles. The van der Waals surface area contributed by atoms with E-state index in [0.29, 0.717) is 0 Å². The van der Waals surface area contributed by atoms with Crippen molar-refractivity contribution < 1.29 is 0 Å². The van der Waals surface area contributed by atoms with E-state index in [-0.39, 0.29) is 20.7 Å². The highest BCUT2D eigenvalue weighted by atomic mass is 127. The van der Waals surface area contributed by atoms with Crippen LogP contribution >= 0.6 is 20.7 Å². The lowest BCUT2D eigenvalue weighted by molar-refractivity contribution is 0.603. The average Bonchev–Trinajstić information content (AvgIpc) is 2.54. The van der Waals surface area contributed by atoms with Crippen LogP contribution in [0.5, 0.6) is 0 Å². The molecule has 0 saturated carbocycles. The Labute approximate surface area is 145 Å². The van der Waals surface area contributed by atoms with Gasteiger partial charge < -0.3 is 0 Å². The predicted molar refractivity (Wildman–Crippen MR) is 109 cm³/mol. The summed E-state index contributed by atoms with van der Waals surface area (Å²) in [7, 11) is 0. The van der Waals surface area contributed by atoms with Gasteiger partial charge in [-0.2, -0.15) is 0 Å². The summed E-state index contributed by atoms with van der Waals surface area (Å²) in [5.74, 6) is 0.736. The van der Waals surface area contributed by atoms with Gasteiger partial charge in [0.2, 0.25) is 0 Å². The number of benzene rings is 2. The second-order valence-electron chi connectivity index (χ2n) is 6.06. The van der Waals surface area contributed by atoms with Crippen LogP contribution in [0.4, 0.5) is 0 Å². The van der Waals surface area contributed by atoms with Gasteiger partial charge >= 0.3 is 0 Å². The molecule has 2 aromatic rings. The summed E-state index contributed by atoms with van der Waals surface area (Å²) in [4.78, 5) is 0. The van der Waals surface area contributed by atoms with Gasteiger partial charge in [0.25, 0.3) is 0 Å². The van der Waals surface area contributed by atoms with Crippen LogP contribution in [0.3, 0.4) is 0 Å². The molecule has 1 unspecified atom stereocenters. The van der Waals surface area contributed by atoms with Crippen LogP contribution in [-0.4, -0.2) is 8.94 Å². The molecule has 0 aliphatic carbocycles. The zero-order valence-corrected chi connectivity index (χ0v) is 16.0. The third-order valence-corrected chi connectivity index (χ3v) is 5.59. The van der Waals surface area contributed by atoms with Gasteiger partial charge in [-0.1, -0.05) is 72.0 Å². The summed E-state index contributed by atoms with van der Waals surface area (Å²) in [6, 6.07) is 18.2. The van der Waals surface area contributed by atoms with Crippen LogP contribution in [0.2, 0.25) is 0 Å². The molecule has 0 radical (unpaired) electrons. The fourth-order valence-corrected chi connectivity index (χ4v) is 4.08. The van der Waals surface area contributed by atoms with Crippen molar-refractivity contribution in [3.8, 4) is 0 Å². The molecular weight excluding hydrogens is 379 g/mol. The monoisotopic (exact) mass is 406 g/mol. The van der Waals surface area contributed by atoms with Crippen LogP contribution < -0.4 is 0 Å². The highest BCUT2D eigenvalue weighted by molar-refractivity contribution is 14.2. The molecule has 0 aliphatic rings. The van der Waals surface area contributed by atoms with Crippen LogP contribution in [0.1, 0.15) is 54.4 Å². The Bertz CT molecular complexity index is 566. The Kier molecular flexibility index (Phi) is 7.31.